The number of benzene rings is 1. The molecule has 0 aliphatic rings. The Hall–Kier alpha value is -2.65. The summed E-state index contributed by atoms with van der Waals surface area (Å²) in [6, 6.07) is 9.27. The van der Waals surface area contributed by atoms with E-state index in [0.717, 1.165) is 0 Å². The zero-order chi connectivity index (χ0) is 21.6. The standard InChI is InChI=1S/C20H25FN4O3S/c1-13(2)29(28)24-12-20(3,21)15-6-8-16(9-7-15)25-19(27)17-10-5-14(11-23-17)18(26)22-4/h5-11,13,24H,12H2,1-4H3,(H,22,26)(H,25,27). The third-order valence-electron chi connectivity index (χ3n) is 4.20. The number of halogens is 1. The van der Waals surface area contributed by atoms with E-state index < -0.39 is 22.6 Å². The van der Waals surface area contributed by atoms with Crippen LogP contribution in [0.2, 0.25) is 0 Å². The molecule has 3 N–H and O–H groups in total. The average Bonchev–Trinajstić information content (AvgIpc) is 2.71. The fourth-order valence-electron chi connectivity index (χ4n) is 2.38. The van der Waals surface area contributed by atoms with Crippen molar-refractivity contribution in [3.63, 3.8) is 0 Å². The predicted octanol–water partition coefficient (Wildman–Crippen LogP) is 2.54. The Bertz CT molecular complexity index is 884. The molecule has 2 aromatic rings. The van der Waals surface area contributed by atoms with Crippen LogP contribution in [0.15, 0.2) is 42.6 Å². The van der Waals surface area contributed by atoms with E-state index in [1.807, 2.05) is 0 Å². The van der Waals surface area contributed by atoms with Gasteiger partial charge in [-0.3, -0.25) is 14.6 Å². The predicted molar refractivity (Wildman–Crippen MR) is 112 cm³/mol. The Morgan fingerprint density at radius 1 is 1.14 bits per heavy atom. The number of nitrogens with one attached hydrogen (secondary N) is 3. The van der Waals surface area contributed by atoms with Crippen molar-refractivity contribution in [2.24, 2.45) is 0 Å². The Labute approximate surface area is 172 Å². The third-order valence-corrected chi connectivity index (χ3v) is 5.49. The molecular weight excluding hydrogens is 395 g/mol. The molecule has 1 heterocycles. The van der Waals surface area contributed by atoms with Crippen LogP contribution in [0.25, 0.3) is 0 Å². The van der Waals surface area contributed by atoms with Crippen LogP contribution in [0.5, 0.6) is 0 Å². The number of hydrogen-bond acceptors (Lipinski definition) is 4. The van der Waals surface area contributed by atoms with Crippen LogP contribution >= 0.6 is 0 Å². The van der Waals surface area contributed by atoms with Gasteiger partial charge in [0.05, 0.1) is 16.5 Å². The van der Waals surface area contributed by atoms with E-state index in [1.54, 1.807) is 38.1 Å². The Morgan fingerprint density at radius 2 is 1.79 bits per heavy atom. The molecule has 1 aromatic carbocycles. The molecule has 0 fully saturated rings. The van der Waals surface area contributed by atoms with Crippen LogP contribution in [-0.2, 0) is 16.7 Å². The minimum absolute atomic E-state index is 0.0922. The Kier molecular flexibility index (Phi) is 7.58. The van der Waals surface area contributed by atoms with Crippen LogP contribution in [0.3, 0.4) is 0 Å². The maximum absolute atomic E-state index is 14.9. The topological polar surface area (TPSA) is 100 Å². The van der Waals surface area contributed by atoms with E-state index in [9.17, 15) is 18.2 Å². The lowest BCUT2D eigenvalue weighted by Crippen LogP contribution is -2.35. The van der Waals surface area contributed by atoms with E-state index in [4.69, 9.17) is 0 Å². The average molecular weight is 421 g/mol. The monoisotopic (exact) mass is 420 g/mol. The van der Waals surface area contributed by atoms with Crippen molar-refractivity contribution in [1.82, 2.24) is 15.0 Å². The van der Waals surface area contributed by atoms with Gasteiger partial charge in [0.2, 0.25) is 0 Å². The first-order chi connectivity index (χ1) is 13.6. The first-order valence-electron chi connectivity index (χ1n) is 9.07. The smallest absolute Gasteiger partial charge is 0.274 e. The summed E-state index contributed by atoms with van der Waals surface area (Å²) < 4.78 is 29.4. The maximum Gasteiger partial charge on any atom is 0.274 e. The molecular formula is C20H25FN4O3S. The van der Waals surface area contributed by atoms with Crippen LogP contribution in [0.1, 0.15) is 47.2 Å². The minimum Gasteiger partial charge on any atom is -0.355 e. The zero-order valence-electron chi connectivity index (χ0n) is 16.8. The molecule has 0 aliphatic heterocycles. The van der Waals surface area contributed by atoms with E-state index in [1.165, 1.54) is 32.3 Å². The van der Waals surface area contributed by atoms with Crippen molar-refractivity contribution in [3.8, 4) is 0 Å². The van der Waals surface area contributed by atoms with Crippen molar-refractivity contribution in [3.05, 3.63) is 59.4 Å². The number of pyridine rings is 1. The molecule has 0 aliphatic carbocycles. The molecule has 0 saturated carbocycles. The second-order valence-electron chi connectivity index (χ2n) is 6.91. The molecule has 2 amide bonds. The lowest BCUT2D eigenvalue weighted by molar-refractivity contribution is 0.0960. The number of amides is 2. The summed E-state index contributed by atoms with van der Waals surface area (Å²) in [4.78, 5) is 27.8. The van der Waals surface area contributed by atoms with Crippen LogP contribution < -0.4 is 15.4 Å². The highest BCUT2D eigenvalue weighted by molar-refractivity contribution is 7.83. The molecule has 2 atom stereocenters. The molecule has 0 radical (unpaired) electrons. The number of anilines is 1. The SMILES string of the molecule is CNC(=O)c1ccc(C(=O)Nc2ccc(C(C)(F)CNS(=O)C(C)C)cc2)nc1. The summed E-state index contributed by atoms with van der Waals surface area (Å²) in [6.45, 7) is 4.89. The molecule has 1 aromatic heterocycles. The highest BCUT2D eigenvalue weighted by atomic mass is 32.2. The highest BCUT2D eigenvalue weighted by Crippen LogP contribution is 2.26. The first-order valence-corrected chi connectivity index (χ1v) is 10.3. The van der Waals surface area contributed by atoms with E-state index in [-0.39, 0.29) is 23.4 Å². The van der Waals surface area contributed by atoms with Crippen molar-refractivity contribution >= 4 is 28.5 Å². The second kappa shape index (κ2) is 9.71. The van der Waals surface area contributed by atoms with Gasteiger partial charge in [-0.25, -0.2) is 13.3 Å². The Balaban J connectivity index is 2.01. The quantitative estimate of drug-likeness (QED) is 0.611. The number of hydrogen-bond donors (Lipinski definition) is 3. The zero-order valence-corrected chi connectivity index (χ0v) is 17.6. The van der Waals surface area contributed by atoms with Gasteiger partial charge < -0.3 is 10.6 Å². The number of alkyl halides is 1. The summed E-state index contributed by atoms with van der Waals surface area (Å²) >= 11 is 0. The maximum atomic E-state index is 14.9. The van der Waals surface area contributed by atoms with Gasteiger partial charge in [0, 0.05) is 30.7 Å². The van der Waals surface area contributed by atoms with Crippen molar-refractivity contribution in [2.45, 2.75) is 31.7 Å². The molecule has 156 valence electrons. The molecule has 2 rings (SSSR count). The van der Waals surface area contributed by atoms with E-state index in [0.29, 0.717) is 16.8 Å². The number of carbonyl (C=O) groups excluding carboxylic acids is 2. The van der Waals surface area contributed by atoms with E-state index in [2.05, 4.69) is 20.3 Å². The fourth-order valence-corrected chi connectivity index (χ4v) is 3.13. The second-order valence-corrected chi connectivity index (χ2v) is 8.73. The lowest BCUT2D eigenvalue weighted by atomic mass is 9.98. The highest BCUT2D eigenvalue weighted by Gasteiger charge is 2.26. The lowest BCUT2D eigenvalue weighted by Gasteiger charge is -2.22. The molecule has 0 saturated heterocycles. The molecule has 0 spiro atoms. The van der Waals surface area contributed by atoms with Gasteiger partial charge >= 0.3 is 0 Å². The van der Waals surface area contributed by atoms with Gasteiger partial charge in [-0.1, -0.05) is 12.1 Å². The van der Waals surface area contributed by atoms with Gasteiger partial charge in [0.25, 0.3) is 11.8 Å². The first kappa shape index (κ1) is 22.6. The van der Waals surface area contributed by atoms with Gasteiger partial charge in [-0.05, 0) is 50.6 Å². The number of nitrogens with zero attached hydrogens (tertiary/aromatic N) is 1. The molecule has 0 bridgehead atoms. The number of aromatic nitrogens is 1. The Morgan fingerprint density at radius 3 is 2.31 bits per heavy atom. The summed E-state index contributed by atoms with van der Waals surface area (Å²) in [5.41, 5.74) is -0.341. The number of carbonyl (C=O) groups is 2. The van der Waals surface area contributed by atoms with E-state index >= 15 is 0 Å². The van der Waals surface area contributed by atoms with Crippen LogP contribution in [0.4, 0.5) is 10.1 Å². The minimum atomic E-state index is -1.72. The normalized spacial score (nSPS) is 14.1. The summed E-state index contributed by atoms with van der Waals surface area (Å²) in [5, 5.41) is 5.04. The van der Waals surface area contributed by atoms with Gasteiger partial charge in [0.15, 0.2) is 0 Å². The summed E-state index contributed by atoms with van der Waals surface area (Å²) in [7, 11) is 0.199. The van der Waals surface area contributed by atoms with Crippen LogP contribution in [0, 0.1) is 0 Å². The summed E-state index contributed by atoms with van der Waals surface area (Å²) in [5.74, 6) is -0.737. The molecule has 2 unspecified atom stereocenters. The molecule has 29 heavy (non-hydrogen) atoms. The fraction of sp³-hybridized carbons (Fsp3) is 0.350. The van der Waals surface area contributed by atoms with Crippen molar-refractivity contribution < 1.29 is 18.2 Å². The number of rotatable bonds is 8. The third kappa shape index (κ3) is 6.16. The van der Waals surface area contributed by atoms with Crippen LogP contribution in [-0.4, -0.2) is 39.8 Å². The van der Waals surface area contributed by atoms with Gasteiger partial charge in [0.1, 0.15) is 11.4 Å². The molecule has 7 nitrogen and oxygen atoms in total. The van der Waals surface area contributed by atoms with Gasteiger partial charge in [-0.15, -0.1) is 0 Å². The van der Waals surface area contributed by atoms with Crippen molar-refractivity contribution in [1.29, 1.82) is 0 Å². The van der Waals surface area contributed by atoms with Crippen molar-refractivity contribution in [2.75, 3.05) is 18.9 Å². The summed E-state index contributed by atoms with van der Waals surface area (Å²) in [6.07, 6.45) is 1.32. The molecule has 9 heteroatoms. The van der Waals surface area contributed by atoms with Gasteiger partial charge in [-0.2, -0.15) is 0 Å². The largest absolute Gasteiger partial charge is 0.355 e.